The van der Waals surface area contributed by atoms with Crippen LogP contribution >= 0.6 is 11.6 Å². The number of likely N-dealkylation sites (tertiary alicyclic amines) is 1. The molecule has 2 N–H and O–H groups in total. The summed E-state index contributed by atoms with van der Waals surface area (Å²) in [7, 11) is 0. The zero-order valence-electron chi connectivity index (χ0n) is 11.1. The van der Waals surface area contributed by atoms with Crippen molar-refractivity contribution in [1.82, 2.24) is 14.9 Å². The third kappa shape index (κ3) is 3.19. The van der Waals surface area contributed by atoms with Crippen molar-refractivity contribution in [2.24, 2.45) is 11.7 Å². The van der Waals surface area contributed by atoms with Gasteiger partial charge in [0.05, 0.1) is 6.54 Å². The van der Waals surface area contributed by atoms with Crippen LogP contribution < -0.4 is 5.73 Å². The highest BCUT2D eigenvalue weighted by molar-refractivity contribution is 6.29. The first-order valence-corrected chi connectivity index (χ1v) is 6.92. The molecule has 2 heterocycles. The van der Waals surface area contributed by atoms with Gasteiger partial charge in [0.15, 0.2) is 0 Å². The quantitative estimate of drug-likeness (QED) is 0.852. The lowest BCUT2D eigenvalue weighted by molar-refractivity contribution is 0.0963. The van der Waals surface area contributed by atoms with Crippen LogP contribution in [0.2, 0.25) is 5.15 Å². The molecule has 0 aliphatic carbocycles. The summed E-state index contributed by atoms with van der Waals surface area (Å²) in [6, 6.07) is 2.21. The summed E-state index contributed by atoms with van der Waals surface area (Å²) < 4.78 is 0. The fourth-order valence-corrected chi connectivity index (χ4v) is 3.01. The Balaban J connectivity index is 2.11. The minimum Gasteiger partial charge on any atom is -0.329 e. The van der Waals surface area contributed by atoms with Crippen LogP contribution in [-0.2, 0) is 6.54 Å². The molecule has 0 aromatic carbocycles. The smallest absolute Gasteiger partial charge is 0.144 e. The van der Waals surface area contributed by atoms with Crippen molar-refractivity contribution in [2.75, 3.05) is 13.1 Å². The van der Waals surface area contributed by atoms with E-state index in [2.05, 4.69) is 21.8 Å². The normalized spacial score (nSPS) is 25.3. The third-order valence-corrected chi connectivity index (χ3v) is 3.88. The molecule has 0 bridgehead atoms. The third-order valence-electron chi connectivity index (χ3n) is 3.69. The van der Waals surface area contributed by atoms with Gasteiger partial charge in [-0.3, -0.25) is 4.90 Å². The number of aromatic nitrogens is 2. The van der Waals surface area contributed by atoms with E-state index in [1.54, 1.807) is 6.07 Å². The standard InChI is InChI=1S/C13H21ClN4/c1-9-4-3-5-18(11(9)7-15)8-13-16-10(2)6-12(14)17-13/h6,9,11H,3-5,7-8,15H2,1-2H3. The van der Waals surface area contributed by atoms with Crippen LogP contribution in [0.15, 0.2) is 6.07 Å². The Morgan fingerprint density at radius 1 is 1.50 bits per heavy atom. The van der Waals surface area contributed by atoms with Crippen LogP contribution in [0.1, 0.15) is 31.3 Å². The lowest BCUT2D eigenvalue weighted by atomic mass is 9.91. The Bertz CT molecular complexity index is 390. The molecule has 1 saturated heterocycles. The van der Waals surface area contributed by atoms with E-state index < -0.39 is 0 Å². The van der Waals surface area contributed by atoms with Crippen LogP contribution in [0, 0.1) is 12.8 Å². The van der Waals surface area contributed by atoms with Gasteiger partial charge in [-0.1, -0.05) is 18.5 Å². The molecule has 0 saturated carbocycles. The average molecular weight is 269 g/mol. The van der Waals surface area contributed by atoms with Crippen LogP contribution in [0.5, 0.6) is 0 Å². The number of nitrogens with zero attached hydrogens (tertiary/aromatic N) is 3. The number of hydrogen-bond donors (Lipinski definition) is 1. The van der Waals surface area contributed by atoms with E-state index in [1.807, 2.05) is 6.92 Å². The lowest BCUT2D eigenvalue weighted by Crippen LogP contribution is -2.48. The molecule has 1 aromatic heterocycles. The first kappa shape index (κ1) is 13.7. The van der Waals surface area contributed by atoms with Gasteiger partial charge >= 0.3 is 0 Å². The molecule has 0 amide bonds. The van der Waals surface area contributed by atoms with Gasteiger partial charge in [0.2, 0.25) is 0 Å². The molecule has 1 fully saturated rings. The van der Waals surface area contributed by atoms with Gasteiger partial charge in [-0.25, -0.2) is 9.97 Å². The second-order valence-electron chi connectivity index (χ2n) is 5.14. The molecule has 0 radical (unpaired) electrons. The van der Waals surface area contributed by atoms with E-state index >= 15 is 0 Å². The van der Waals surface area contributed by atoms with Gasteiger partial charge in [0, 0.05) is 18.3 Å². The van der Waals surface area contributed by atoms with Crippen LogP contribution in [0.3, 0.4) is 0 Å². The van der Waals surface area contributed by atoms with E-state index in [0.29, 0.717) is 23.7 Å². The molecular formula is C13H21ClN4. The van der Waals surface area contributed by atoms with Crippen molar-refractivity contribution < 1.29 is 0 Å². The number of aryl methyl sites for hydroxylation is 1. The minimum absolute atomic E-state index is 0.432. The van der Waals surface area contributed by atoms with Gasteiger partial charge in [-0.05, 0) is 38.3 Å². The monoisotopic (exact) mass is 268 g/mol. The summed E-state index contributed by atoms with van der Waals surface area (Å²) in [6.45, 7) is 6.72. The Hall–Kier alpha value is -0.710. The fourth-order valence-electron chi connectivity index (χ4n) is 2.75. The van der Waals surface area contributed by atoms with E-state index in [0.717, 1.165) is 24.6 Å². The molecule has 4 nitrogen and oxygen atoms in total. The van der Waals surface area contributed by atoms with Gasteiger partial charge in [0.25, 0.3) is 0 Å². The highest BCUT2D eigenvalue weighted by Crippen LogP contribution is 2.23. The van der Waals surface area contributed by atoms with Crippen LogP contribution in [-0.4, -0.2) is 34.0 Å². The van der Waals surface area contributed by atoms with Gasteiger partial charge in [-0.15, -0.1) is 0 Å². The maximum atomic E-state index is 5.97. The maximum absolute atomic E-state index is 5.97. The second kappa shape index (κ2) is 5.95. The number of hydrogen-bond acceptors (Lipinski definition) is 4. The zero-order chi connectivity index (χ0) is 13.1. The average Bonchev–Trinajstić information content (AvgIpc) is 2.27. The molecule has 2 rings (SSSR count). The molecule has 1 aliphatic heterocycles. The van der Waals surface area contributed by atoms with Crippen molar-refractivity contribution in [1.29, 1.82) is 0 Å². The van der Waals surface area contributed by atoms with Crippen LogP contribution in [0.4, 0.5) is 0 Å². The Labute approximate surface area is 114 Å². The summed E-state index contributed by atoms with van der Waals surface area (Å²) in [5.74, 6) is 1.44. The first-order valence-electron chi connectivity index (χ1n) is 6.54. The molecule has 18 heavy (non-hydrogen) atoms. The largest absolute Gasteiger partial charge is 0.329 e. The van der Waals surface area contributed by atoms with Crippen molar-refractivity contribution in [3.05, 3.63) is 22.7 Å². The topological polar surface area (TPSA) is 55.0 Å². The summed E-state index contributed by atoms with van der Waals surface area (Å²) in [6.07, 6.45) is 2.48. The maximum Gasteiger partial charge on any atom is 0.144 e. The predicted octanol–water partition coefficient (Wildman–Crippen LogP) is 2.00. The number of piperidine rings is 1. The molecule has 2 atom stereocenters. The number of halogens is 1. The molecular weight excluding hydrogens is 248 g/mol. The lowest BCUT2D eigenvalue weighted by Gasteiger charge is -2.39. The highest BCUT2D eigenvalue weighted by atomic mass is 35.5. The van der Waals surface area contributed by atoms with Crippen molar-refractivity contribution in [3.8, 4) is 0 Å². The van der Waals surface area contributed by atoms with E-state index in [-0.39, 0.29) is 0 Å². The number of rotatable bonds is 3. The summed E-state index contributed by atoms with van der Waals surface area (Å²) in [5, 5.41) is 0.520. The minimum atomic E-state index is 0.432. The molecule has 100 valence electrons. The Kier molecular flexibility index (Phi) is 4.54. The van der Waals surface area contributed by atoms with E-state index in [9.17, 15) is 0 Å². The summed E-state index contributed by atoms with van der Waals surface area (Å²) in [5.41, 5.74) is 6.81. The Morgan fingerprint density at radius 2 is 2.28 bits per heavy atom. The van der Waals surface area contributed by atoms with Gasteiger partial charge in [-0.2, -0.15) is 0 Å². The molecule has 1 aromatic rings. The molecule has 0 spiro atoms. The van der Waals surface area contributed by atoms with Gasteiger partial charge in [0.1, 0.15) is 11.0 Å². The summed E-state index contributed by atoms with van der Waals surface area (Å²) in [4.78, 5) is 11.1. The van der Waals surface area contributed by atoms with Gasteiger partial charge < -0.3 is 5.73 Å². The van der Waals surface area contributed by atoms with Crippen LogP contribution in [0.25, 0.3) is 0 Å². The fraction of sp³-hybridized carbons (Fsp3) is 0.692. The predicted molar refractivity (Wildman–Crippen MR) is 73.4 cm³/mol. The Morgan fingerprint density at radius 3 is 2.94 bits per heavy atom. The second-order valence-corrected chi connectivity index (χ2v) is 5.53. The summed E-state index contributed by atoms with van der Waals surface area (Å²) >= 11 is 5.97. The SMILES string of the molecule is Cc1cc(Cl)nc(CN2CCCC(C)C2CN)n1. The first-order chi connectivity index (χ1) is 8.60. The molecule has 1 aliphatic rings. The van der Waals surface area contributed by atoms with Crippen molar-refractivity contribution in [3.63, 3.8) is 0 Å². The molecule has 5 heteroatoms. The van der Waals surface area contributed by atoms with E-state index in [4.69, 9.17) is 17.3 Å². The molecule has 2 unspecified atom stereocenters. The zero-order valence-corrected chi connectivity index (χ0v) is 11.8. The van der Waals surface area contributed by atoms with Crippen molar-refractivity contribution in [2.45, 2.75) is 39.3 Å². The number of nitrogens with two attached hydrogens (primary N) is 1. The highest BCUT2D eigenvalue weighted by Gasteiger charge is 2.27. The van der Waals surface area contributed by atoms with Crippen molar-refractivity contribution >= 4 is 11.6 Å². The van der Waals surface area contributed by atoms with E-state index in [1.165, 1.54) is 12.8 Å².